The first-order valence-corrected chi connectivity index (χ1v) is 20.3. The highest BCUT2D eigenvalue weighted by Crippen LogP contribution is 2.19. The topological polar surface area (TPSA) is 98.7 Å². The summed E-state index contributed by atoms with van der Waals surface area (Å²) in [6, 6.07) is 0.296. The molecule has 0 saturated heterocycles. The number of carbonyl (C=O) groups excluding carboxylic acids is 2. The van der Waals surface area contributed by atoms with Crippen molar-refractivity contribution in [2.45, 2.75) is 211 Å². The fourth-order valence-electron chi connectivity index (χ4n) is 6.76. The minimum absolute atomic E-state index is 0.00322. The van der Waals surface area contributed by atoms with E-state index in [0.717, 1.165) is 57.8 Å². The van der Waals surface area contributed by atoms with E-state index in [4.69, 9.17) is 10.2 Å². The summed E-state index contributed by atoms with van der Waals surface area (Å²) in [5.74, 6) is -0.00644. The van der Waals surface area contributed by atoms with Crippen LogP contribution < -0.4 is 10.6 Å². The van der Waals surface area contributed by atoms with E-state index in [9.17, 15) is 9.59 Å². The molecule has 1 rings (SSSR count). The second-order valence-corrected chi connectivity index (χ2v) is 14.2. The highest BCUT2D eigenvalue weighted by Gasteiger charge is 2.26. The molecule has 0 aromatic carbocycles. The zero-order valence-corrected chi connectivity index (χ0v) is 30.5. The number of hydrogen-bond acceptors (Lipinski definition) is 4. The van der Waals surface area contributed by atoms with Crippen molar-refractivity contribution in [2.24, 2.45) is 0 Å². The van der Waals surface area contributed by atoms with Crippen molar-refractivity contribution in [3.8, 4) is 0 Å². The zero-order valence-electron chi connectivity index (χ0n) is 30.5. The van der Waals surface area contributed by atoms with E-state index < -0.39 is 0 Å². The molecule has 1 fully saturated rings. The molecule has 0 radical (unpaired) electrons. The van der Waals surface area contributed by atoms with Crippen LogP contribution in [0.5, 0.6) is 0 Å². The molecule has 0 unspecified atom stereocenters. The third-order valence-electron chi connectivity index (χ3n) is 9.72. The Morgan fingerprint density at radius 2 is 0.681 bits per heavy atom. The Morgan fingerprint density at radius 3 is 0.957 bits per heavy atom. The predicted octanol–water partition coefficient (Wildman–Crippen LogP) is 10.2. The standard InChI is InChI=1S/C41H76N2O4/c44-35-29-25-21-17-13-9-5-1-3-7-11-15-19-23-27-31-40(46)42-38-33-34-39(37-38)43-41(47)32-28-24-20-16-12-8-4-2-6-10-14-18-22-26-30-36-45/h27-28,31-32,38-39,44-45H,1-26,29-30,33-37H2,(H,42,46)(H,43,47)/b31-27+,32-28+/t38-,39+. The number of hydrogen-bond donors (Lipinski definition) is 4. The van der Waals surface area contributed by atoms with E-state index in [2.05, 4.69) is 10.6 Å². The van der Waals surface area contributed by atoms with Crippen LogP contribution >= 0.6 is 0 Å². The molecule has 274 valence electrons. The van der Waals surface area contributed by atoms with Crippen LogP contribution in [0.25, 0.3) is 0 Å². The van der Waals surface area contributed by atoms with Gasteiger partial charge in [0.15, 0.2) is 0 Å². The minimum Gasteiger partial charge on any atom is -0.396 e. The van der Waals surface area contributed by atoms with Gasteiger partial charge in [0.05, 0.1) is 0 Å². The number of unbranched alkanes of at least 4 members (excludes halogenated alkanes) is 26. The summed E-state index contributed by atoms with van der Waals surface area (Å²) >= 11 is 0. The number of amides is 2. The maximum absolute atomic E-state index is 12.3. The number of carbonyl (C=O) groups is 2. The van der Waals surface area contributed by atoms with Gasteiger partial charge in [-0.15, -0.1) is 0 Å². The monoisotopic (exact) mass is 661 g/mol. The molecule has 0 spiro atoms. The molecule has 0 aromatic heterocycles. The van der Waals surface area contributed by atoms with E-state index in [1.165, 1.54) is 141 Å². The molecule has 0 heterocycles. The number of nitrogens with one attached hydrogen (secondary N) is 2. The van der Waals surface area contributed by atoms with E-state index in [1.54, 1.807) is 12.2 Å². The summed E-state index contributed by atoms with van der Waals surface area (Å²) in [5, 5.41) is 23.9. The summed E-state index contributed by atoms with van der Waals surface area (Å²) < 4.78 is 0. The molecule has 6 heteroatoms. The average molecular weight is 661 g/mol. The lowest BCUT2D eigenvalue weighted by Crippen LogP contribution is -2.36. The summed E-state index contributed by atoms with van der Waals surface area (Å²) in [6.45, 7) is 0.677. The number of rotatable bonds is 34. The van der Waals surface area contributed by atoms with Gasteiger partial charge < -0.3 is 20.8 Å². The second kappa shape index (κ2) is 34.2. The van der Waals surface area contributed by atoms with Crippen molar-refractivity contribution in [1.82, 2.24) is 10.6 Å². The van der Waals surface area contributed by atoms with Crippen LogP contribution in [0.4, 0.5) is 0 Å². The molecule has 2 atom stereocenters. The van der Waals surface area contributed by atoms with Crippen LogP contribution in [0.2, 0.25) is 0 Å². The van der Waals surface area contributed by atoms with Crippen LogP contribution in [-0.2, 0) is 9.59 Å². The molecule has 4 N–H and O–H groups in total. The van der Waals surface area contributed by atoms with E-state index >= 15 is 0 Å². The van der Waals surface area contributed by atoms with Crippen LogP contribution in [0.3, 0.4) is 0 Å². The van der Waals surface area contributed by atoms with Gasteiger partial charge in [-0.1, -0.05) is 153 Å². The molecule has 1 saturated carbocycles. The number of aliphatic hydroxyl groups is 2. The van der Waals surface area contributed by atoms with E-state index in [-0.39, 0.29) is 23.9 Å². The quantitative estimate of drug-likeness (QED) is 0.0408. The summed E-state index contributed by atoms with van der Waals surface area (Å²) in [4.78, 5) is 24.7. The van der Waals surface area contributed by atoms with Gasteiger partial charge in [-0.25, -0.2) is 0 Å². The Kier molecular flexibility index (Phi) is 31.6. The molecular weight excluding hydrogens is 584 g/mol. The molecule has 0 aromatic rings. The van der Waals surface area contributed by atoms with Crippen molar-refractivity contribution in [3.05, 3.63) is 24.3 Å². The maximum atomic E-state index is 12.3. The molecule has 47 heavy (non-hydrogen) atoms. The first-order chi connectivity index (χ1) is 23.2. The smallest absolute Gasteiger partial charge is 0.243 e. The van der Waals surface area contributed by atoms with E-state index in [0.29, 0.717) is 13.2 Å². The molecule has 0 aliphatic heterocycles. The highest BCUT2D eigenvalue weighted by molar-refractivity contribution is 5.88. The van der Waals surface area contributed by atoms with Crippen molar-refractivity contribution < 1.29 is 19.8 Å². The third kappa shape index (κ3) is 30.2. The average Bonchev–Trinajstić information content (AvgIpc) is 3.50. The molecule has 2 amide bonds. The van der Waals surface area contributed by atoms with Gasteiger partial charge in [0.1, 0.15) is 0 Å². The highest BCUT2D eigenvalue weighted by atomic mass is 16.3. The van der Waals surface area contributed by atoms with Gasteiger partial charge >= 0.3 is 0 Å². The minimum atomic E-state index is -0.00322. The van der Waals surface area contributed by atoms with Crippen LogP contribution in [-0.4, -0.2) is 47.3 Å². The van der Waals surface area contributed by atoms with Crippen LogP contribution in [0.1, 0.15) is 199 Å². The number of allylic oxidation sites excluding steroid dienone is 2. The van der Waals surface area contributed by atoms with Gasteiger partial charge in [0.2, 0.25) is 11.8 Å². The second-order valence-electron chi connectivity index (χ2n) is 14.2. The summed E-state index contributed by atoms with van der Waals surface area (Å²) in [6.07, 6.45) is 45.0. The lowest BCUT2D eigenvalue weighted by atomic mass is 10.0. The van der Waals surface area contributed by atoms with Gasteiger partial charge in [-0.2, -0.15) is 0 Å². The summed E-state index contributed by atoms with van der Waals surface area (Å²) in [5.41, 5.74) is 0. The first-order valence-electron chi connectivity index (χ1n) is 20.3. The van der Waals surface area contributed by atoms with Crippen molar-refractivity contribution in [2.75, 3.05) is 13.2 Å². The SMILES string of the molecule is O=C(/C=C/CCCCCCCCCCCCCCCO)N[C@@H]1CC[C@H](NC(=O)/C=C/CCCCCCCCCCCCCCCO)C1. The van der Waals surface area contributed by atoms with E-state index in [1.807, 2.05) is 12.2 Å². The first kappa shape index (κ1) is 43.4. The number of aliphatic hydroxyl groups excluding tert-OH is 2. The van der Waals surface area contributed by atoms with Crippen LogP contribution in [0.15, 0.2) is 24.3 Å². The van der Waals surface area contributed by atoms with Gasteiger partial charge in [0.25, 0.3) is 0 Å². The molecule has 1 aliphatic rings. The maximum Gasteiger partial charge on any atom is 0.243 e. The predicted molar refractivity (Wildman–Crippen MR) is 199 cm³/mol. The molecule has 0 bridgehead atoms. The van der Waals surface area contributed by atoms with Gasteiger partial charge in [0, 0.05) is 25.3 Å². The van der Waals surface area contributed by atoms with Crippen molar-refractivity contribution >= 4 is 11.8 Å². The fraction of sp³-hybridized carbons (Fsp3) is 0.854. The Hall–Kier alpha value is -1.66. The fourth-order valence-corrected chi connectivity index (χ4v) is 6.76. The van der Waals surface area contributed by atoms with Gasteiger partial charge in [-0.3, -0.25) is 9.59 Å². The van der Waals surface area contributed by atoms with Gasteiger partial charge in [-0.05, 0) is 69.9 Å². The Labute approximate surface area is 290 Å². The van der Waals surface area contributed by atoms with Crippen molar-refractivity contribution in [1.29, 1.82) is 0 Å². The Morgan fingerprint density at radius 1 is 0.426 bits per heavy atom. The zero-order chi connectivity index (χ0) is 33.9. The third-order valence-corrected chi connectivity index (χ3v) is 9.72. The Balaban J connectivity index is 1.90. The normalized spacial score (nSPS) is 16.5. The molecule has 6 nitrogen and oxygen atoms in total. The van der Waals surface area contributed by atoms with Crippen LogP contribution in [0, 0.1) is 0 Å². The lowest BCUT2D eigenvalue weighted by Gasteiger charge is -2.13. The lowest BCUT2D eigenvalue weighted by molar-refractivity contribution is -0.117. The molecule has 1 aliphatic carbocycles. The molecular formula is C41H76N2O4. The summed E-state index contributed by atoms with van der Waals surface area (Å²) in [7, 11) is 0. The Bertz CT molecular complexity index is 707. The largest absolute Gasteiger partial charge is 0.396 e. The van der Waals surface area contributed by atoms with Crippen molar-refractivity contribution in [3.63, 3.8) is 0 Å².